The van der Waals surface area contributed by atoms with E-state index in [1.807, 2.05) is 35.7 Å². The van der Waals surface area contributed by atoms with Crippen LogP contribution in [0.5, 0.6) is 0 Å². The number of piperidine rings is 1. The molecule has 4 heterocycles. The second kappa shape index (κ2) is 10.7. The van der Waals surface area contributed by atoms with Gasteiger partial charge in [-0.1, -0.05) is 36.4 Å². The second-order valence-electron chi connectivity index (χ2n) is 10.4. The van der Waals surface area contributed by atoms with Crippen LogP contribution in [0.4, 0.5) is 4.39 Å². The van der Waals surface area contributed by atoms with Gasteiger partial charge in [-0.05, 0) is 24.5 Å². The minimum Gasteiger partial charge on any atom is -0.388 e. The molecule has 0 atom stereocenters. The van der Waals surface area contributed by atoms with E-state index in [4.69, 9.17) is 5.73 Å². The fraction of sp³-hybridized carbons (Fsp3) is 0.310. The van der Waals surface area contributed by atoms with Gasteiger partial charge < -0.3 is 10.8 Å². The lowest BCUT2D eigenvalue weighted by Gasteiger charge is -2.38. The van der Waals surface area contributed by atoms with E-state index in [1.54, 1.807) is 24.0 Å². The van der Waals surface area contributed by atoms with Crippen molar-refractivity contribution in [1.82, 2.24) is 29.2 Å². The zero-order chi connectivity index (χ0) is 27.9. The fourth-order valence-corrected chi connectivity index (χ4v) is 5.98. The topological polar surface area (TPSA) is 115 Å². The highest BCUT2D eigenvalue weighted by Gasteiger charge is 2.33. The highest BCUT2D eigenvalue weighted by molar-refractivity contribution is 7.13. The average Bonchev–Trinajstić information content (AvgIpc) is 3.61. The smallest absolute Gasteiger partial charge is 0.281 e. The Bertz CT molecular complexity index is 1710. The molecule has 1 fully saturated rings. The van der Waals surface area contributed by atoms with Crippen molar-refractivity contribution >= 4 is 22.4 Å². The van der Waals surface area contributed by atoms with Gasteiger partial charge in [-0.3, -0.25) is 18.9 Å². The van der Waals surface area contributed by atoms with Gasteiger partial charge >= 0.3 is 0 Å². The fourth-order valence-electron chi connectivity index (χ4n) is 5.35. The highest BCUT2D eigenvalue weighted by Crippen LogP contribution is 2.29. The minimum absolute atomic E-state index is 0.122. The summed E-state index contributed by atoms with van der Waals surface area (Å²) in [5.74, 6) is -0.260. The third kappa shape index (κ3) is 5.08. The number of benzene rings is 2. The Balaban J connectivity index is 1.14. The van der Waals surface area contributed by atoms with Gasteiger partial charge in [0.25, 0.3) is 5.56 Å². The van der Waals surface area contributed by atoms with Crippen molar-refractivity contribution < 1.29 is 9.50 Å². The zero-order valence-corrected chi connectivity index (χ0v) is 22.9. The van der Waals surface area contributed by atoms with E-state index in [-0.39, 0.29) is 23.4 Å². The molecular formula is C29H30FN7O2S. The van der Waals surface area contributed by atoms with Crippen molar-refractivity contribution in [2.24, 2.45) is 12.8 Å². The number of fused-ring (bicyclic) bond motifs is 1. The summed E-state index contributed by atoms with van der Waals surface area (Å²) in [6.07, 6.45) is 4.11. The second-order valence-corrected chi connectivity index (χ2v) is 11.3. The maximum Gasteiger partial charge on any atom is 0.281 e. The number of nitrogens with zero attached hydrogens (tertiary/aromatic N) is 6. The number of hydrogen-bond acceptors (Lipinski definition) is 8. The van der Waals surface area contributed by atoms with Gasteiger partial charge in [0.15, 0.2) is 5.52 Å². The lowest BCUT2D eigenvalue weighted by molar-refractivity contribution is -0.0366. The van der Waals surface area contributed by atoms with Crippen LogP contribution in [-0.4, -0.2) is 53.0 Å². The quantitative estimate of drug-likeness (QED) is 0.313. The van der Waals surface area contributed by atoms with Gasteiger partial charge in [0.05, 0.1) is 24.2 Å². The van der Waals surface area contributed by atoms with Crippen LogP contribution >= 0.6 is 11.3 Å². The number of halogens is 1. The number of aryl methyl sites for hydroxylation is 1. The van der Waals surface area contributed by atoms with E-state index < -0.39 is 5.60 Å². The lowest BCUT2D eigenvalue weighted by atomic mass is 9.91. The van der Waals surface area contributed by atoms with Crippen LogP contribution in [0.1, 0.15) is 24.0 Å². The summed E-state index contributed by atoms with van der Waals surface area (Å²) in [6.45, 7) is 2.20. The standard InChI is InChI=1S/C29H30FN7O2S/c1-35-26(20-4-2-19(15-31)3-5-20)24-25(34-35)28(38)37(18-33-24)17-29(39)8-11-36(12-9-29)16-22-7-6-21(14-23(22)30)27-32-10-13-40-27/h2-7,10,13-14,18,39H,8-9,11-12,15-17,31H2,1H3. The number of aromatic nitrogens is 5. The largest absolute Gasteiger partial charge is 0.388 e. The van der Waals surface area contributed by atoms with Gasteiger partial charge in [0, 0.05) is 61.5 Å². The summed E-state index contributed by atoms with van der Waals surface area (Å²) < 4.78 is 17.9. The first-order chi connectivity index (χ1) is 19.3. The molecule has 9 nitrogen and oxygen atoms in total. The van der Waals surface area contributed by atoms with Crippen LogP contribution in [0.25, 0.3) is 32.9 Å². The molecule has 0 unspecified atom stereocenters. The van der Waals surface area contributed by atoms with Gasteiger partial charge in [0.2, 0.25) is 0 Å². The van der Waals surface area contributed by atoms with Gasteiger partial charge in [0.1, 0.15) is 16.3 Å². The molecule has 1 aliphatic heterocycles. The molecule has 5 aromatic rings. The minimum atomic E-state index is -1.07. The normalized spacial score (nSPS) is 15.6. The van der Waals surface area contributed by atoms with Crippen LogP contribution in [0.3, 0.4) is 0 Å². The summed E-state index contributed by atoms with van der Waals surface area (Å²) >= 11 is 1.48. The molecule has 206 valence electrons. The molecule has 0 saturated carbocycles. The highest BCUT2D eigenvalue weighted by atomic mass is 32.1. The SMILES string of the molecule is Cn1nc2c(=O)n(CC3(O)CCN(Cc4ccc(-c5nccs5)cc4F)CC3)cnc2c1-c1ccc(CN)cc1. The average molecular weight is 560 g/mol. The van der Waals surface area contributed by atoms with Crippen molar-refractivity contribution in [1.29, 1.82) is 0 Å². The summed E-state index contributed by atoms with van der Waals surface area (Å²) in [4.78, 5) is 24.3. The molecule has 3 N–H and O–H groups in total. The number of hydrogen-bond donors (Lipinski definition) is 2. The molecule has 1 saturated heterocycles. The third-order valence-corrected chi connectivity index (χ3v) is 8.47. The van der Waals surface area contributed by atoms with Gasteiger partial charge in [-0.25, -0.2) is 14.4 Å². The van der Waals surface area contributed by atoms with E-state index in [9.17, 15) is 14.3 Å². The maximum absolute atomic E-state index is 14.8. The van der Waals surface area contributed by atoms with E-state index in [1.165, 1.54) is 28.3 Å². The Kier molecular flexibility index (Phi) is 7.05. The molecule has 3 aromatic heterocycles. The van der Waals surface area contributed by atoms with E-state index >= 15 is 0 Å². The van der Waals surface area contributed by atoms with Gasteiger partial charge in [-0.2, -0.15) is 5.10 Å². The molecule has 0 radical (unpaired) electrons. The Morgan fingerprint density at radius 3 is 2.50 bits per heavy atom. The third-order valence-electron chi connectivity index (χ3n) is 7.65. The Hall–Kier alpha value is -3.77. The number of rotatable bonds is 7. The maximum atomic E-state index is 14.8. The van der Waals surface area contributed by atoms with E-state index in [0.29, 0.717) is 50.1 Å². The first-order valence-electron chi connectivity index (χ1n) is 13.2. The van der Waals surface area contributed by atoms with E-state index in [2.05, 4.69) is 20.0 Å². The van der Waals surface area contributed by atoms with E-state index in [0.717, 1.165) is 27.4 Å². The molecule has 0 bridgehead atoms. The molecule has 0 aliphatic carbocycles. The number of thiazole rings is 1. The summed E-state index contributed by atoms with van der Waals surface area (Å²) in [5.41, 5.74) is 9.19. The van der Waals surface area contributed by atoms with Crippen molar-refractivity contribution in [3.63, 3.8) is 0 Å². The van der Waals surface area contributed by atoms with Crippen molar-refractivity contribution in [2.45, 2.75) is 38.1 Å². The van der Waals surface area contributed by atoms with Crippen LogP contribution in [-0.2, 0) is 26.7 Å². The number of aliphatic hydroxyl groups is 1. The van der Waals surface area contributed by atoms with Crippen molar-refractivity contribution in [3.8, 4) is 21.8 Å². The summed E-state index contributed by atoms with van der Waals surface area (Å²) in [5, 5.41) is 18.5. The summed E-state index contributed by atoms with van der Waals surface area (Å²) in [6, 6.07) is 13.0. The lowest BCUT2D eigenvalue weighted by Crippen LogP contribution is -2.47. The van der Waals surface area contributed by atoms with Crippen molar-refractivity contribution in [3.05, 3.63) is 87.7 Å². The number of likely N-dealkylation sites (tertiary alicyclic amines) is 1. The Morgan fingerprint density at radius 1 is 1.07 bits per heavy atom. The molecule has 11 heteroatoms. The number of nitrogens with two attached hydrogens (primary N) is 1. The zero-order valence-electron chi connectivity index (χ0n) is 22.1. The van der Waals surface area contributed by atoms with Gasteiger partial charge in [-0.15, -0.1) is 11.3 Å². The molecule has 1 aliphatic rings. The monoisotopic (exact) mass is 559 g/mol. The van der Waals surface area contributed by atoms with Crippen LogP contribution in [0.15, 0.2) is 65.2 Å². The molecule has 0 spiro atoms. The first kappa shape index (κ1) is 26.5. The molecule has 0 amide bonds. The van der Waals surface area contributed by atoms with Crippen LogP contribution in [0.2, 0.25) is 0 Å². The molecular weight excluding hydrogens is 529 g/mol. The predicted octanol–water partition coefficient (Wildman–Crippen LogP) is 3.55. The van der Waals surface area contributed by atoms with Crippen molar-refractivity contribution in [2.75, 3.05) is 13.1 Å². The summed E-state index contributed by atoms with van der Waals surface area (Å²) in [7, 11) is 1.79. The van der Waals surface area contributed by atoms with Crippen LogP contribution in [0, 0.1) is 5.82 Å². The first-order valence-corrected chi connectivity index (χ1v) is 14.1. The Labute approximate surface area is 234 Å². The van der Waals surface area contributed by atoms with Crippen LogP contribution < -0.4 is 11.3 Å². The molecule has 6 rings (SSSR count). The Morgan fingerprint density at radius 2 is 1.82 bits per heavy atom. The molecule has 40 heavy (non-hydrogen) atoms. The molecule has 2 aromatic carbocycles. The predicted molar refractivity (Wildman–Crippen MR) is 153 cm³/mol.